The van der Waals surface area contributed by atoms with Crippen LogP contribution in [0.3, 0.4) is 0 Å². The first-order valence-corrected chi connectivity index (χ1v) is 9.04. The van der Waals surface area contributed by atoms with Crippen molar-refractivity contribution in [3.63, 3.8) is 0 Å². The van der Waals surface area contributed by atoms with Gasteiger partial charge in [-0.05, 0) is 33.6 Å². The molecule has 1 spiro atoms. The molecule has 0 aliphatic carbocycles. The first kappa shape index (κ1) is 15.9. The van der Waals surface area contributed by atoms with E-state index in [1.54, 1.807) is 4.90 Å². The van der Waals surface area contributed by atoms with Crippen LogP contribution in [-0.2, 0) is 18.5 Å². The van der Waals surface area contributed by atoms with Crippen LogP contribution in [0.25, 0.3) is 0 Å². The number of nitrogens with zero attached hydrogens (tertiary/aromatic N) is 1. The summed E-state index contributed by atoms with van der Waals surface area (Å²) < 4.78 is 33.1. The Kier molecular flexibility index (Phi) is 3.99. The molecule has 20 heavy (non-hydrogen) atoms. The molecule has 1 amide bonds. The minimum Gasteiger partial charge on any atom is -0.444 e. The molecular formula is C12H20ClNO5S. The molecule has 116 valence electrons. The van der Waals surface area contributed by atoms with Crippen molar-refractivity contribution in [3.05, 3.63) is 0 Å². The summed E-state index contributed by atoms with van der Waals surface area (Å²) in [5.41, 5.74) is -0.936. The molecule has 2 aliphatic rings. The Morgan fingerprint density at radius 2 is 2.05 bits per heavy atom. The minimum absolute atomic E-state index is 0.178. The first-order valence-electron chi connectivity index (χ1n) is 6.56. The quantitative estimate of drug-likeness (QED) is 0.723. The molecule has 6 nitrogen and oxygen atoms in total. The van der Waals surface area contributed by atoms with Gasteiger partial charge in [-0.25, -0.2) is 13.2 Å². The topological polar surface area (TPSA) is 72.9 Å². The molecule has 0 aromatic heterocycles. The molecule has 0 N–H and O–H groups in total. The van der Waals surface area contributed by atoms with Crippen LogP contribution in [0.15, 0.2) is 0 Å². The highest BCUT2D eigenvalue weighted by molar-refractivity contribution is 8.13. The molecule has 2 aliphatic heterocycles. The molecule has 8 heteroatoms. The van der Waals surface area contributed by atoms with E-state index in [0.29, 0.717) is 19.5 Å². The van der Waals surface area contributed by atoms with E-state index in [9.17, 15) is 13.2 Å². The zero-order chi connectivity index (χ0) is 15.2. The second-order valence-corrected chi connectivity index (χ2v) is 9.33. The van der Waals surface area contributed by atoms with E-state index in [1.165, 1.54) is 0 Å². The van der Waals surface area contributed by atoms with E-state index in [2.05, 4.69) is 0 Å². The van der Waals surface area contributed by atoms with Gasteiger partial charge in [0.25, 0.3) is 0 Å². The Bertz CT molecular complexity index is 492. The van der Waals surface area contributed by atoms with Crippen molar-refractivity contribution >= 4 is 25.8 Å². The van der Waals surface area contributed by atoms with Crippen LogP contribution in [0.5, 0.6) is 0 Å². The molecule has 2 saturated heterocycles. The summed E-state index contributed by atoms with van der Waals surface area (Å²) in [5, 5.41) is 0. The molecule has 2 heterocycles. The maximum Gasteiger partial charge on any atom is 0.410 e. The summed E-state index contributed by atoms with van der Waals surface area (Å²) in [5.74, 6) is -0.178. The van der Waals surface area contributed by atoms with Crippen LogP contribution < -0.4 is 0 Å². The largest absolute Gasteiger partial charge is 0.444 e. The Morgan fingerprint density at radius 3 is 2.55 bits per heavy atom. The number of amides is 1. The smallest absolute Gasteiger partial charge is 0.410 e. The monoisotopic (exact) mass is 325 g/mol. The highest BCUT2D eigenvalue weighted by Gasteiger charge is 2.52. The molecule has 2 rings (SSSR count). The maximum absolute atomic E-state index is 11.8. The van der Waals surface area contributed by atoms with Crippen molar-refractivity contribution in [2.45, 2.75) is 50.9 Å². The van der Waals surface area contributed by atoms with Crippen molar-refractivity contribution in [1.29, 1.82) is 0 Å². The van der Waals surface area contributed by atoms with Crippen LogP contribution in [0.2, 0.25) is 0 Å². The normalized spacial score (nSPS) is 25.6. The molecule has 0 saturated carbocycles. The summed E-state index contributed by atoms with van der Waals surface area (Å²) in [6.45, 7) is 6.33. The third-order valence-corrected chi connectivity index (χ3v) is 4.48. The van der Waals surface area contributed by atoms with Crippen molar-refractivity contribution in [3.8, 4) is 0 Å². The van der Waals surface area contributed by atoms with Gasteiger partial charge in [0.05, 0.1) is 24.9 Å². The number of hydrogen-bond donors (Lipinski definition) is 0. The summed E-state index contributed by atoms with van der Waals surface area (Å²) in [6, 6.07) is 0. The van der Waals surface area contributed by atoms with Gasteiger partial charge in [0, 0.05) is 10.7 Å². The summed E-state index contributed by atoms with van der Waals surface area (Å²) >= 11 is 0. The predicted octanol–water partition coefficient (Wildman–Crippen LogP) is 1.72. The molecule has 0 aromatic carbocycles. The van der Waals surface area contributed by atoms with Gasteiger partial charge in [-0.3, -0.25) is 0 Å². The predicted molar refractivity (Wildman–Crippen MR) is 74.3 cm³/mol. The van der Waals surface area contributed by atoms with E-state index >= 15 is 0 Å². The van der Waals surface area contributed by atoms with Crippen LogP contribution in [0.1, 0.15) is 33.6 Å². The fourth-order valence-electron chi connectivity index (χ4n) is 2.57. The number of halogens is 1. The van der Waals surface area contributed by atoms with Gasteiger partial charge in [-0.2, -0.15) is 0 Å². The molecular weight excluding hydrogens is 306 g/mol. The molecule has 0 aromatic rings. The Morgan fingerprint density at radius 1 is 1.45 bits per heavy atom. The van der Waals surface area contributed by atoms with Gasteiger partial charge < -0.3 is 14.4 Å². The van der Waals surface area contributed by atoms with Crippen molar-refractivity contribution in [2.75, 3.05) is 18.8 Å². The number of ether oxygens (including phenoxy) is 2. The van der Waals surface area contributed by atoms with E-state index < -0.39 is 20.3 Å². The van der Waals surface area contributed by atoms with Gasteiger partial charge in [0.2, 0.25) is 9.05 Å². The van der Waals surface area contributed by atoms with Gasteiger partial charge in [0.1, 0.15) is 11.2 Å². The lowest BCUT2D eigenvalue weighted by Gasteiger charge is -2.47. The third-order valence-electron chi connectivity index (χ3n) is 3.33. The Labute approximate surface area is 123 Å². The summed E-state index contributed by atoms with van der Waals surface area (Å²) in [6.07, 6.45) is 0.649. The average Bonchev–Trinajstić information content (AvgIpc) is 2.53. The fourth-order valence-corrected chi connectivity index (χ4v) is 3.67. The highest BCUT2D eigenvalue weighted by atomic mass is 35.7. The lowest BCUT2D eigenvalue weighted by atomic mass is 9.91. The van der Waals surface area contributed by atoms with Crippen LogP contribution in [0, 0.1) is 0 Å². The van der Waals surface area contributed by atoms with E-state index in [0.717, 1.165) is 6.42 Å². The van der Waals surface area contributed by atoms with Crippen molar-refractivity contribution in [1.82, 2.24) is 4.90 Å². The minimum atomic E-state index is -3.55. The van der Waals surface area contributed by atoms with Gasteiger partial charge >= 0.3 is 6.09 Å². The lowest BCUT2D eigenvalue weighted by molar-refractivity contribution is -0.127. The Balaban J connectivity index is 1.83. The second-order valence-electron chi connectivity index (χ2n) is 6.50. The first-order chi connectivity index (χ1) is 8.98. The van der Waals surface area contributed by atoms with E-state index in [1.807, 2.05) is 20.8 Å². The SMILES string of the molecule is CC(C)(C)OC(=O)N1CC2(CCC(CS(=O)(=O)Cl)O2)C1. The van der Waals surface area contributed by atoms with E-state index in [-0.39, 0.29) is 18.0 Å². The second kappa shape index (κ2) is 5.03. The van der Waals surface area contributed by atoms with Crippen LogP contribution in [0.4, 0.5) is 4.79 Å². The lowest BCUT2D eigenvalue weighted by Crippen LogP contribution is -2.64. The van der Waals surface area contributed by atoms with Crippen LogP contribution >= 0.6 is 10.7 Å². The fraction of sp³-hybridized carbons (Fsp3) is 0.917. The summed E-state index contributed by atoms with van der Waals surface area (Å²) in [7, 11) is 1.67. The van der Waals surface area contributed by atoms with Crippen molar-refractivity contribution < 1.29 is 22.7 Å². The number of likely N-dealkylation sites (tertiary alicyclic amines) is 1. The zero-order valence-corrected chi connectivity index (χ0v) is 13.5. The van der Waals surface area contributed by atoms with Crippen LogP contribution in [-0.4, -0.2) is 55.6 Å². The Hall–Kier alpha value is -0.530. The zero-order valence-electron chi connectivity index (χ0n) is 11.9. The molecule has 0 bridgehead atoms. The number of hydrogen-bond acceptors (Lipinski definition) is 5. The molecule has 2 fully saturated rings. The molecule has 1 unspecified atom stereocenters. The standard InChI is InChI=1S/C12H20ClNO5S/c1-11(2,3)19-10(15)14-7-12(8-14)5-4-9(18-12)6-20(13,16)17/h9H,4-8H2,1-3H3. The third kappa shape index (κ3) is 3.99. The van der Waals surface area contributed by atoms with Crippen molar-refractivity contribution in [2.24, 2.45) is 0 Å². The number of carbonyl (C=O) groups excluding carboxylic acids is 1. The average molecular weight is 326 g/mol. The summed E-state index contributed by atoms with van der Waals surface area (Å²) in [4.78, 5) is 13.4. The van der Waals surface area contributed by atoms with E-state index in [4.69, 9.17) is 20.2 Å². The van der Waals surface area contributed by atoms with Gasteiger partial charge in [-0.1, -0.05) is 0 Å². The number of rotatable bonds is 2. The highest BCUT2D eigenvalue weighted by Crippen LogP contribution is 2.39. The maximum atomic E-state index is 11.8. The molecule has 0 radical (unpaired) electrons. The molecule has 1 atom stereocenters. The van der Waals surface area contributed by atoms with Gasteiger partial charge in [0.15, 0.2) is 0 Å². The number of carbonyl (C=O) groups is 1. The van der Waals surface area contributed by atoms with Gasteiger partial charge in [-0.15, -0.1) is 0 Å².